The van der Waals surface area contributed by atoms with Crippen LogP contribution in [-0.2, 0) is 14.4 Å². The van der Waals surface area contributed by atoms with E-state index in [4.69, 9.17) is 0 Å². The molecule has 5 heteroatoms. The smallest absolute Gasteiger partial charge is 0.249 e. The largest absolute Gasteiger partial charge is 0.321 e. The third kappa shape index (κ3) is 1.70. The summed E-state index contributed by atoms with van der Waals surface area (Å²) in [5, 5.41) is 2.22. The Morgan fingerprint density at radius 3 is 2.50 bits per heavy atom. The van der Waals surface area contributed by atoms with Crippen molar-refractivity contribution in [1.82, 2.24) is 10.2 Å². The van der Waals surface area contributed by atoms with E-state index in [-0.39, 0.29) is 29.7 Å². The standard InChI is InChI=1S/C11H16N2O3/c1-6-9(15)12-8(14)5-13(6)10(16)7-4-11(7,2)3/h6-7H,4-5H2,1-3H3,(H,12,14,15). The molecule has 1 N–H and O–H groups in total. The van der Waals surface area contributed by atoms with Crippen LogP contribution in [0.5, 0.6) is 0 Å². The van der Waals surface area contributed by atoms with E-state index in [0.29, 0.717) is 0 Å². The first kappa shape index (κ1) is 11.1. The van der Waals surface area contributed by atoms with Gasteiger partial charge in [-0.2, -0.15) is 0 Å². The Morgan fingerprint density at radius 1 is 1.44 bits per heavy atom. The van der Waals surface area contributed by atoms with E-state index in [9.17, 15) is 14.4 Å². The molecule has 1 saturated heterocycles. The summed E-state index contributed by atoms with van der Waals surface area (Å²) in [6.07, 6.45) is 0.838. The average molecular weight is 224 g/mol. The molecule has 5 nitrogen and oxygen atoms in total. The van der Waals surface area contributed by atoms with E-state index >= 15 is 0 Å². The first-order valence-electron chi connectivity index (χ1n) is 5.47. The number of carbonyl (C=O) groups excluding carboxylic acids is 3. The number of rotatable bonds is 1. The summed E-state index contributed by atoms with van der Waals surface area (Å²) >= 11 is 0. The maximum absolute atomic E-state index is 12.1. The zero-order valence-electron chi connectivity index (χ0n) is 9.74. The lowest BCUT2D eigenvalue weighted by atomic mass is 10.1. The molecule has 2 atom stereocenters. The van der Waals surface area contributed by atoms with Crippen molar-refractivity contribution in [2.24, 2.45) is 11.3 Å². The fraction of sp³-hybridized carbons (Fsp3) is 0.727. The number of amides is 3. The molecule has 2 rings (SSSR count). The molecule has 0 aromatic carbocycles. The van der Waals surface area contributed by atoms with Gasteiger partial charge in [0.15, 0.2) is 0 Å². The predicted molar refractivity (Wildman–Crippen MR) is 56.2 cm³/mol. The third-order valence-corrected chi connectivity index (χ3v) is 3.52. The minimum Gasteiger partial charge on any atom is -0.321 e. The number of imide groups is 1. The quantitative estimate of drug-likeness (QED) is 0.633. The first-order valence-corrected chi connectivity index (χ1v) is 5.47. The van der Waals surface area contributed by atoms with Crippen molar-refractivity contribution in [3.05, 3.63) is 0 Å². The molecule has 88 valence electrons. The van der Waals surface area contributed by atoms with E-state index < -0.39 is 11.9 Å². The van der Waals surface area contributed by atoms with Gasteiger partial charge in [-0.1, -0.05) is 13.8 Å². The van der Waals surface area contributed by atoms with Gasteiger partial charge in [-0.25, -0.2) is 0 Å². The molecule has 16 heavy (non-hydrogen) atoms. The van der Waals surface area contributed by atoms with Gasteiger partial charge in [0.05, 0.1) is 0 Å². The number of carbonyl (C=O) groups is 3. The second kappa shape index (κ2) is 3.30. The second-order valence-corrected chi connectivity index (χ2v) is 5.30. The molecule has 1 aliphatic carbocycles. The number of hydrogen-bond donors (Lipinski definition) is 1. The van der Waals surface area contributed by atoms with Crippen molar-refractivity contribution in [3.63, 3.8) is 0 Å². The molecule has 0 bridgehead atoms. The van der Waals surface area contributed by atoms with Gasteiger partial charge in [0.1, 0.15) is 12.6 Å². The summed E-state index contributed by atoms with van der Waals surface area (Å²) in [6.45, 7) is 5.69. The van der Waals surface area contributed by atoms with E-state index in [1.165, 1.54) is 4.90 Å². The summed E-state index contributed by atoms with van der Waals surface area (Å²) in [5.41, 5.74) is 0.0216. The van der Waals surface area contributed by atoms with E-state index in [0.717, 1.165) is 6.42 Å². The zero-order valence-corrected chi connectivity index (χ0v) is 9.74. The molecule has 1 aliphatic heterocycles. The van der Waals surface area contributed by atoms with Crippen molar-refractivity contribution in [3.8, 4) is 0 Å². The minimum atomic E-state index is -0.540. The number of piperazine rings is 1. The molecule has 1 saturated carbocycles. The van der Waals surface area contributed by atoms with Gasteiger partial charge < -0.3 is 4.90 Å². The second-order valence-electron chi connectivity index (χ2n) is 5.30. The van der Waals surface area contributed by atoms with Gasteiger partial charge in [-0.05, 0) is 18.8 Å². The highest BCUT2D eigenvalue weighted by molar-refractivity contribution is 6.04. The fourth-order valence-electron chi connectivity index (χ4n) is 2.07. The Balaban J connectivity index is 2.11. The van der Waals surface area contributed by atoms with Gasteiger partial charge in [0.25, 0.3) is 0 Å². The Labute approximate surface area is 94.2 Å². The molecule has 0 aromatic heterocycles. The summed E-state index contributed by atoms with van der Waals surface area (Å²) in [6, 6.07) is -0.540. The molecule has 2 aliphatic rings. The Kier molecular flexibility index (Phi) is 2.29. The molecule has 0 spiro atoms. The lowest BCUT2D eigenvalue weighted by Crippen LogP contribution is -2.59. The normalized spacial score (nSPS) is 32.3. The molecule has 2 unspecified atom stereocenters. The van der Waals surface area contributed by atoms with E-state index in [2.05, 4.69) is 5.32 Å². The molecule has 3 amide bonds. The maximum Gasteiger partial charge on any atom is 0.249 e. The molecule has 0 radical (unpaired) electrons. The van der Waals surface area contributed by atoms with Crippen LogP contribution >= 0.6 is 0 Å². The lowest BCUT2D eigenvalue weighted by Gasteiger charge is -2.32. The van der Waals surface area contributed by atoms with Crippen LogP contribution in [-0.4, -0.2) is 35.2 Å². The van der Waals surface area contributed by atoms with Gasteiger partial charge in [-0.3, -0.25) is 19.7 Å². The molecular weight excluding hydrogens is 208 g/mol. The molecule has 0 aromatic rings. The number of hydrogen-bond acceptors (Lipinski definition) is 3. The fourth-order valence-corrected chi connectivity index (χ4v) is 2.07. The molecule has 1 heterocycles. The van der Waals surface area contributed by atoms with Crippen molar-refractivity contribution in [2.45, 2.75) is 33.2 Å². The molecule has 2 fully saturated rings. The highest BCUT2D eigenvalue weighted by Crippen LogP contribution is 2.52. The highest BCUT2D eigenvalue weighted by atomic mass is 16.2. The lowest BCUT2D eigenvalue weighted by molar-refractivity contribution is -0.150. The SMILES string of the molecule is CC1C(=O)NC(=O)CN1C(=O)C1CC1(C)C. The van der Waals surface area contributed by atoms with Crippen LogP contribution in [0.4, 0.5) is 0 Å². The Morgan fingerprint density at radius 2 is 2.00 bits per heavy atom. The topological polar surface area (TPSA) is 66.5 Å². The van der Waals surface area contributed by atoms with Crippen LogP contribution in [0.2, 0.25) is 0 Å². The van der Waals surface area contributed by atoms with Crippen molar-refractivity contribution in [2.75, 3.05) is 6.54 Å². The average Bonchev–Trinajstić information content (AvgIpc) is 2.80. The van der Waals surface area contributed by atoms with Crippen LogP contribution in [0.1, 0.15) is 27.2 Å². The van der Waals surface area contributed by atoms with Crippen molar-refractivity contribution < 1.29 is 14.4 Å². The minimum absolute atomic E-state index is 0.00167. The summed E-state index contributed by atoms with van der Waals surface area (Å²) < 4.78 is 0. The maximum atomic E-state index is 12.1. The molecular formula is C11H16N2O3. The van der Waals surface area contributed by atoms with Gasteiger partial charge in [-0.15, -0.1) is 0 Å². The van der Waals surface area contributed by atoms with Crippen LogP contribution in [0.25, 0.3) is 0 Å². The van der Waals surface area contributed by atoms with Gasteiger partial charge in [0.2, 0.25) is 17.7 Å². The highest BCUT2D eigenvalue weighted by Gasteiger charge is 2.53. The zero-order chi connectivity index (χ0) is 12.1. The number of nitrogens with zero attached hydrogens (tertiary/aromatic N) is 1. The van der Waals surface area contributed by atoms with Crippen molar-refractivity contribution >= 4 is 17.7 Å². The van der Waals surface area contributed by atoms with Gasteiger partial charge >= 0.3 is 0 Å². The summed E-state index contributed by atoms with van der Waals surface area (Å²) in [5.74, 6) is -0.882. The van der Waals surface area contributed by atoms with Gasteiger partial charge in [0, 0.05) is 5.92 Å². The van der Waals surface area contributed by atoms with E-state index in [1.54, 1.807) is 6.92 Å². The van der Waals surface area contributed by atoms with Crippen LogP contribution in [0, 0.1) is 11.3 Å². The van der Waals surface area contributed by atoms with E-state index in [1.807, 2.05) is 13.8 Å². The Bertz CT molecular complexity index is 375. The van der Waals surface area contributed by atoms with Crippen LogP contribution < -0.4 is 5.32 Å². The first-order chi connectivity index (χ1) is 7.33. The number of nitrogens with one attached hydrogen (secondary N) is 1. The van der Waals surface area contributed by atoms with Crippen LogP contribution in [0.15, 0.2) is 0 Å². The Hall–Kier alpha value is -1.39. The van der Waals surface area contributed by atoms with Crippen molar-refractivity contribution in [1.29, 1.82) is 0 Å². The summed E-state index contributed by atoms with van der Waals surface area (Å²) in [7, 11) is 0. The summed E-state index contributed by atoms with van der Waals surface area (Å²) in [4.78, 5) is 36.1. The monoisotopic (exact) mass is 224 g/mol. The van der Waals surface area contributed by atoms with Crippen LogP contribution in [0.3, 0.4) is 0 Å². The predicted octanol–water partition coefficient (Wildman–Crippen LogP) is -0.0940. The third-order valence-electron chi connectivity index (χ3n) is 3.52.